The molecular formula is C15H19F2N3O3. The van der Waals surface area contributed by atoms with Crippen LogP contribution in [0.2, 0.25) is 0 Å². The summed E-state index contributed by atoms with van der Waals surface area (Å²) >= 11 is 0. The number of halogens is 2. The van der Waals surface area contributed by atoms with Gasteiger partial charge in [-0.2, -0.15) is 0 Å². The van der Waals surface area contributed by atoms with Crippen molar-refractivity contribution in [2.75, 3.05) is 18.4 Å². The highest BCUT2D eigenvalue weighted by molar-refractivity contribution is 5.89. The van der Waals surface area contributed by atoms with Crippen molar-refractivity contribution < 1.29 is 23.5 Å². The number of nitrogens with one attached hydrogen (secondary N) is 2. The minimum atomic E-state index is -0.886. The van der Waals surface area contributed by atoms with Gasteiger partial charge in [0.05, 0.1) is 12.2 Å². The molecule has 2 amide bonds. The normalized spacial score (nSPS) is 20.0. The molecule has 0 heterocycles. The van der Waals surface area contributed by atoms with Gasteiger partial charge >= 0.3 is 12.0 Å². The van der Waals surface area contributed by atoms with Gasteiger partial charge in [-0.3, -0.25) is 9.69 Å². The number of amides is 2. The third kappa shape index (κ3) is 4.62. The first-order valence-electron chi connectivity index (χ1n) is 7.37. The molecule has 2 rings (SSSR count). The zero-order valence-electron chi connectivity index (χ0n) is 12.7. The Morgan fingerprint density at radius 3 is 2.65 bits per heavy atom. The standard InChI is InChI=1S/C15H19F2N3O3/c1-2-20(8-14(21)22)11-6-10(7-11)18-15(23)19-13-5-9(16)3-4-12(13)17/h3-5,10-11H,2,6-8H2,1H3,(H,21,22)(H2,18,19,23). The van der Waals surface area contributed by atoms with E-state index in [-0.39, 0.29) is 24.3 Å². The van der Waals surface area contributed by atoms with Crippen LogP contribution >= 0.6 is 0 Å². The first-order valence-corrected chi connectivity index (χ1v) is 7.37. The maximum atomic E-state index is 13.4. The predicted molar refractivity (Wildman–Crippen MR) is 80.2 cm³/mol. The van der Waals surface area contributed by atoms with Crippen LogP contribution in [0.15, 0.2) is 18.2 Å². The van der Waals surface area contributed by atoms with Crippen LogP contribution in [0.3, 0.4) is 0 Å². The van der Waals surface area contributed by atoms with Crippen molar-refractivity contribution in [1.29, 1.82) is 0 Å². The molecule has 1 aromatic carbocycles. The lowest BCUT2D eigenvalue weighted by atomic mass is 9.85. The fourth-order valence-electron chi connectivity index (χ4n) is 2.61. The third-order valence-corrected chi connectivity index (χ3v) is 3.89. The second-order valence-corrected chi connectivity index (χ2v) is 5.50. The van der Waals surface area contributed by atoms with Gasteiger partial charge < -0.3 is 15.7 Å². The van der Waals surface area contributed by atoms with Crippen molar-refractivity contribution in [3.63, 3.8) is 0 Å². The Labute approximate surface area is 132 Å². The number of aliphatic carboxylic acids is 1. The SMILES string of the molecule is CCN(CC(=O)O)C1CC(NC(=O)Nc2cc(F)ccc2F)C1. The second-order valence-electron chi connectivity index (χ2n) is 5.50. The summed E-state index contributed by atoms with van der Waals surface area (Å²) in [6.07, 6.45) is 1.25. The van der Waals surface area contributed by atoms with Crippen LogP contribution in [0.5, 0.6) is 0 Å². The minimum Gasteiger partial charge on any atom is -0.480 e. The molecule has 0 atom stereocenters. The number of urea groups is 1. The molecule has 0 saturated heterocycles. The summed E-state index contributed by atoms with van der Waals surface area (Å²) in [5.41, 5.74) is -0.223. The number of anilines is 1. The van der Waals surface area contributed by atoms with Crippen LogP contribution in [0.1, 0.15) is 19.8 Å². The molecule has 1 aromatic rings. The lowest BCUT2D eigenvalue weighted by Gasteiger charge is -2.42. The Balaban J connectivity index is 1.80. The summed E-state index contributed by atoms with van der Waals surface area (Å²) < 4.78 is 26.5. The molecule has 6 nitrogen and oxygen atoms in total. The summed E-state index contributed by atoms with van der Waals surface area (Å²) in [5, 5.41) is 13.7. The molecule has 3 N–H and O–H groups in total. The number of carbonyl (C=O) groups excluding carboxylic acids is 1. The largest absolute Gasteiger partial charge is 0.480 e. The van der Waals surface area contributed by atoms with Crippen molar-refractivity contribution in [3.8, 4) is 0 Å². The lowest BCUT2D eigenvalue weighted by Crippen LogP contribution is -2.55. The van der Waals surface area contributed by atoms with Gasteiger partial charge in [0.2, 0.25) is 0 Å². The molecule has 0 spiro atoms. The van der Waals surface area contributed by atoms with E-state index in [1.165, 1.54) is 0 Å². The van der Waals surface area contributed by atoms with Crippen LogP contribution in [0, 0.1) is 11.6 Å². The van der Waals surface area contributed by atoms with Crippen molar-refractivity contribution >= 4 is 17.7 Å². The molecule has 126 valence electrons. The zero-order valence-corrected chi connectivity index (χ0v) is 12.7. The zero-order chi connectivity index (χ0) is 17.0. The lowest BCUT2D eigenvalue weighted by molar-refractivity contribution is -0.139. The van der Waals surface area contributed by atoms with E-state index >= 15 is 0 Å². The number of hydrogen-bond acceptors (Lipinski definition) is 3. The van der Waals surface area contributed by atoms with E-state index in [0.717, 1.165) is 18.2 Å². The number of benzene rings is 1. The minimum absolute atomic E-state index is 0.0331. The molecule has 23 heavy (non-hydrogen) atoms. The Morgan fingerprint density at radius 1 is 1.35 bits per heavy atom. The van der Waals surface area contributed by atoms with Crippen LogP contribution in [-0.4, -0.2) is 47.2 Å². The summed E-state index contributed by atoms with van der Waals surface area (Å²) in [4.78, 5) is 24.4. The molecule has 0 radical (unpaired) electrons. The maximum absolute atomic E-state index is 13.4. The van der Waals surface area contributed by atoms with Gasteiger partial charge in [-0.1, -0.05) is 6.92 Å². The van der Waals surface area contributed by atoms with E-state index in [0.29, 0.717) is 19.4 Å². The average Bonchev–Trinajstić information content (AvgIpc) is 2.44. The molecular weight excluding hydrogens is 308 g/mol. The number of hydrogen-bond donors (Lipinski definition) is 3. The van der Waals surface area contributed by atoms with Gasteiger partial charge in [0.25, 0.3) is 0 Å². The van der Waals surface area contributed by atoms with Crippen LogP contribution < -0.4 is 10.6 Å². The molecule has 1 aliphatic carbocycles. The van der Waals surface area contributed by atoms with E-state index in [1.807, 2.05) is 11.8 Å². The highest BCUT2D eigenvalue weighted by atomic mass is 19.1. The van der Waals surface area contributed by atoms with Crippen molar-refractivity contribution in [3.05, 3.63) is 29.8 Å². The molecule has 0 aliphatic heterocycles. The average molecular weight is 327 g/mol. The summed E-state index contributed by atoms with van der Waals surface area (Å²) in [6.45, 7) is 2.46. The highest BCUT2D eigenvalue weighted by Gasteiger charge is 2.34. The molecule has 1 aliphatic rings. The Bertz CT molecular complexity index is 591. The van der Waals surface area contributed by atoms with E-state index in [2.05, 4.69) is 10.6 Å². The number of rotatable bonds is 6. The van der Waals surface area contributed by atoms with Crippen molar-refractivity contribution in [2.45, 2.75) is 31.8 Å². The monoisotopic (exact) mass is 327 g/mol. The topological polar surface area (TPSA) is 81.7 Å². The van der Waals surface area contributed by atoms with Gasteiger partial charge in [0.1, 0.15) is 11.6 Å². The van der Waals surface area contributed by atoms with Gasteiger partial charge in [0, 0.05) is 18.2 Å². The van der Waals surface area contributed by atoms with Gasteiger partial charge in [-0.15, -0.1) is 0 Å². The quantitative estimate of drug-likeness (QED) is 0.747. The second kappa shape index (κ2) is 7.36. The first kappa shape index (κ1) is 17.1. The third-order valence-electron chi connectivity index (χ3n) is 3.89. The maximum Gasteiger partial charge on any atom is 0.319 e. The van der Waals surface area contributed by atoms with Crippen LogP contribution in [0.25, 0.3) is 0 Å². The highest BCUT2D eigenvalue weighted by Crippen LogP contribution is 2.25. The van der Waals surface area contributed by atoms with Crippen LogP contribution in [0.4, 0.5) is 19.3 Å². The smallest absolute Gasteiger partial charge is 0.319 e. The van der Waals surface area contributed by atoms with Crippen molar-refractivity contribution in [1.82, 2.24) is 10.2 Å². The van der Waals surface area contributed by atoms with E-state index in [1.54, 1.807) is 0 Å². The van der Waals surface area contributed by atoms with E-state index in [9.17, 15) is 18.4 Å². The number of likely N-dealkylation sites (N-methyl/N-ethyl adjacent to an activating group) is 1. The molecule has 8 heteroatoms. The van der Waals surface area contributed by atoms with E-state index in [4.69, 9.17) is 5.11 Å². The fourth-order valence-corrected chi connectivity index (χ4v) is 2.61. The van der Waals surface area contributed by atoms with Gasteiger partial charge in [-0.05, 0) is 31.5 Å². The Morgan fingerprint density at radius 2 is 2.04 bits per heavy atom. The van der Waals surface area contributed by atoms with Crippen LogP contribution in [-0.2, 0) is 4.79 Å². The Kier molecular flexibility index (Phi) is 5.49. The molecule has 1 saturated carbocycles. The van der Waals surface area contributed by atoms with Gasteiger partial charge in [0.15, 0.2) is 0 Å². The summed E-state index contributed by atoms with van der Waals surface area (Å²) in [5.74, 6) is -2.24. The predicted octanol–water partition coefficient (Wildman–Crippen LogP) is 2.02. The fraction of sp³-hybridized carbons (Fsp3) is 0.467. The van der Waals surface area contributed by atoms with Gasteiger partial charge in [-0.25, -0.2) is 13.6 Å². The summed E-state index contributed by atoms with van der Waals surface area (Å²) in [7, 11) is 0. The van der Waals surface area contributed by atoms with Crippen molar-refractivity contribution in [2.24, 2.45) is 0 Å². The molecule has 0 aromatic heterocycles. The number of carbonyl (C=O) groups is 2. The molecule has 0 bridgehead atoms. The number of carboxylic acids is 1. The Hall–Kier alpha value is -2.22. The number of carboxylic acid groups (broad SMARTS) is 1. The molecule has 0 unspecified atom stereocenters. The first-order chi connectivity index (χ1) is 10.9. The molecule has 1 fully saturated rings. The number of nitrogens with zero attached hydrogens (tertiary/aromatic N) is 1. The summed E-state index contributed by atoms with van der Waals surface area (Å²) in [6, 6.07) is 2.20. The van der Waals surface area contributed by atoms with E-state index < -0.39 is 23.6 Å².